The van der Waals surface area contributed by atoms with Crippen molar-refractivity contribution in [2.45, 2.75) is 6.92 Å². The number of ether oxygens (including phenoxy) is 3. The van der Waals surface area contributed by atoms with E-state index in [1.165, 1.54) is 0 Å². The van der Waals surface area contributed by atoms with Crippen LogP contribution in [0.25, 0.3) is 0 Å². The molecule has 0 saturated carbocycles. The molecule has 1 aliphatic heterocycles. The second kappa shape index (κ2) is 9.23. The van der Waals surface area contributed by atoms with Crippen LogP contribution in [0.1, 0.15) is 27.6 Å². The lowest BCUT2D eigenvalue weighted by Crippen LogP contribution is -2.37. The van der Waals surface area contributed by atoms with Crippen molar-refractivity contribution in [3.05, 3.63) is 53.6 Å². The van der Waals surface area contributed by atoms with Gasteiger partial charge in [-0.25, -0.2) is 4.79 Å². The second-order valence-electron chi connectivity index (χ2n) is 6.23. The number of anilines is 2. The maximum atomic E-state index is 12.5. The maximum Gasteiger partial charge on any atom is 0.340 e. The molecule has 0 unspecified atom stereocenters. The van der Waals surface area contributed by atoms with Crippen LogP contribution in [0.2, 0.25) is 0 Å². The molecule has 148 valence electrons. The van der Waals surface area contributed by atoms with E-state index in [9.17, 15) is 9.59 Å². The highest BCUT2D eigenvalue weighted by atomic mass is 16.5. The van der Waals surface area contributed by atoms with E-state index in [0.717, 1.165) is 5.69 Å². The van der Waals surface area contributed by atoms with Crippen LogP contribution in [0.15, 0.2) is 42.5 Å². The number of morpholine rings is 1. The van der Waals surface area contributed by atoms with Crippen molar-refractivity contribution >= 4 is 23.3 Å². The molecular weight excluding hydrogens is 360 g/mol. The average Bonchev–Trinajstić information content (AvgIpc) is 2.74. The first-order valence-corrected chi connectivity index (χ1v) is 9.21. The minimum absolute atomic E-state index is 0.267. The molecule has 1 heterocycles. The molecular formula is C21H24N2O5. The van der Waals surface area contributed by atoms with Crippen molar-refractivity contribution in [3.8, 4) is 5.75 Å². The van der Waals surface area contributed by atoms with Crippen LogP contribution in [0.3, 0.4) is 0 Å². The van der Waals surface area contributed by atoms with E-state index in [-0.39, 0.29) is 12.5 Å². The van der Waals surface area contributed by atoms with E-state index < -0.39 is 5.97 Å². The number of hydrogen-bond acceptors (Lipinski definition) is 6. The Kier molecular flexibility index (Phi) is 6.49. The van der Waals surface area contributed by atoms with Crippen LogP contribution >= 0.6 is 0 Å². The van der Waals surface area contributed by atoms with Gasteiger partial charge >= 0.3 is 5.97 Å². The van der Waals surface area contributed by atoms with Gasteiger partial charge in [-0.3, -0.25) is 4.79 Å². The summed E-state index contributed by atoms with van der Waals surface area (Å²) in [5.74, 6) is -0.00265. The lowest BCUT2D eigenvalue weighted by Gasteiger charge is -2.30. The van der Waals surface area contributed by atoms with Gasteiger partial charge in [-0.05, 0) is 49.4 Å². The molecule has 0 spiro atoms. The Labute approximate surface area is 164 Å². The predicted octanol–water partition coefficient (Wildman–Crippen LogP) is 2.96. The van der Waals surface area contributed by atoms with Crippen molar-refractivity contribution < 1.29 is 23.8 Å². The molecule has 0 aromatic heterocycles. The molecule has 0 bridgehead atoms. The molecule has 0 aliphatic carbocycles. The van der Waals surface area contributed by atoms with Crippen molar-refractivity contribution in [3.63, 3.8) is 0 Å². The van der Waals surface area contributed by atoms with Gasteiger partial charge in [0, 0.05) is 24.3 Å². The quantitative estimate of drug-likeness (QED) is 0.772. The van der Waals surface area contributed by atoms with Crippen LogP contribution in [0.5, 0.6) is 5.75 Å². The molecule has 1 saturated heterocycles. The number of nitrogens with zero attached hydrogens (tertiary/aromatic N) is 1. The van der Waals surface area contributed by atoms with Gasteiger partial charge in [0.2, 0.25) is 0 Å². The van der Waals surface area contributed by atoms with Gasteiger partial charge in [-0.15, -0.1) is 0 Å². The van der Waals surface area contributed by atoms with Crippen molar-refractivity contribution in [2.75, 3.05) is 50.2 Å². The number of carbonyl (C=O) groups excluding carboxylic acids is 2. The lowest BCUT2D eigenvalue weighted by atomic mass is 10.1. The third-order valence-corrected chi connectivity index (χ3v) is 4.45. The minimum atomic E-state index is -0.412. The zero-order chi connectivity index (χ0) is 19.9. The summed E-state index contributed by atoms with van der Waals surface area (Å²) in [7, 11) is 1.57. The summed E-state index contributed by atoms with van der Waals surface area (Å²) >= 11 is 0. The van der Waals surface area contributed by atoms with Crippen LogP contribution in [-0.2, 0) is 9.47 Å². The molecule has 1 fully saturated rings. The molecule has 0 atom stereocenters. The molecule has 7 heteroatoms. The number of nitrogens with one attached hydrogen (secondary N) is 1. The van der Waals surface area contributed by atoms with Gasteiger partial charge in [-0.1, -0.05) is 0 Å². The third kappa shape index (κ3) is 4.61. The summed E-state index contributed by atoms with van der Waals surface area (Å²) in [4.78, 5) is 27.1. The van der Waals surface area contributed by atoms with E-state index in [2.05, 4.69) is 10.2 Å². The maximum absolute atomic E-state index is 12.5. The van der Waals surface area contributed by atoms with Crippen molar-refractivity contribution in [1.82, 2.24) is 0 Å². The van der Waals surface area contributed by atoms with Gasteiger partial charge in [0.1, 0.15) is 5.75 Å². The van der Waals surface area contributed by atoms with Crippen LogP contribution in [0.4, 0.5) is 11.4 Å². The summed E-state index contributed by atoms with van der Waals surface area (Å²) in [6, 6.07) is 12.1. The number of esters is 1. The second-order valence-corrected chi connectivity index (χ2v) is 6.23. The van der Waals surface area contributed by atoms with Crippen LogP contribution in [-0.4, -0.2) is 51.9 Å². The highest BCUT2D eigenvalue weighted by Gasteiger charge is 2.21. The zero-order valence-corrected chi connectivity index (χ0v) is 16.1. The molecule has 1 amide bonds. The van der Waals surface area contributed by atoms with Crippen molar-refractivity contribution in [2.24, 2.45) is 0 Å². The Balaban J connectivity index is 1.83. The Morgan fingerprint density at radius 2 is 1.82 bits per heavy atom. The molecule has 1 aliphatic rings. The summed E-state index contributed by atoms with van der Waals surface area (Å²) in [5.41, 5.74) is 2.23. The highest BCUT2D eigenvalue weighted by Crippen LogP contribution is 2.26. The molecule has 3 rings (SSSR count). The van der Waals surface area contributed by atoms with E-state index in [0.29, 0.717) is 48.9 Å². The Hall–Kier alpha value is -3.06. The summed E-state index contributed by atoms with van der Waals surface area (Å²) < 4.78 is 15.7. The predicted molar refractivity (Wildman–Crippen MR) is 106 cm³/mol. The highest BCUT2D eigenvalue weighted by molar-refractivity contribution is 6.05. The number of rotatable bonds is 6. The third-order valence-electron chi connectivity index (χ3n) is 4.45. The van der Waals surface area contributed by atoms with E-state index in [4.69, 9.17) is 14.2 Å². The molecule has 28 heavy (non-hydrogen) atoms. The number of benzene rings is 2. The zero-order valence-electron chi connectivity index (χ0n) is 16.1. The topological polar surface area (TPSA) is 77.1 Å². The Morgan fingerprint density at radius 3 is 2.46 bits per heavy atom. The van der Waals surface area contributed by atoms with Gasteiger partial charge < -0.3 is 24.4 Å². The summed E-state index contributed by atoms with van der Waals surface area (Å²) in [6.45, 7) is 4.66. The SMILES string of the molecule is CCOC(=O)c1cc(NC(=O)c2ccc(OC)cc2)ccc1N1CCOCC1. The van der Waals surface area contributed by atoms with E-state index >= 15 is 0 Å². The van der Waals surface area contributed by atoms with Gasteiger partial charge in [0.05, 0.1) is 38.2 Å². The number of amides is 1. The molecule has 1 N–H and O–H groups in total. The smallest absolute Gasteiger partial charge is 0.340 e. The van der Waals surface area contributed by atoms with Crippen molar-refractivity contribution in [1.29, 1.82) is 0 Å². The van der Waals surface area contributed by atoms with E-state index in [1.807, 2.05) is 6.07 Å². The average molecular weight is 384 g/mol. The number of carbonyl (C=O) groups is 2. The molecule has 2 aromatic rings. The van der Waals surface area contributed by atoms with Gasteiger partial charge in [-0.2, -0.15) is 0 Å². The fraction of sp³-hybridized carbons (Fsp3) is 0.333. The first-order valence-electron chi connectivity index (χ1n) is 9.21. The first kappa shape index (κ1) is 19.7. The normalized spacial score (nSPS) is 13.7. The standard InChI is InChI=1S/C21H24N2O5/c1-3-28-21(25)18-14-16(6-9-19(18)23-10-12-27-13-11-23)22-20(24)15-4-7-17(26-2)8-5-15/h4-9,14H,3,10-13H2,1-2H3,(H,22,24). The number of methoxy groups -OCH3 is 1. The minimum Gasteiger partial charge on any atom is -0.497 e. The van der Waals surface area contributed by atoms with E-state index in [1.54, 1.807) is 50.4 Å². The summed E-state index contributed by atoms with van der Waals surface area (Å²) in [5, 5.41) is 2.83. The molecule has 7 nitrogen and oxygen atoms in total. The van der Waals surface area contributed by atoms with Crippen LogP contribution < -0.4 is 15.0 Å². The fourth-order valence-corrected chi connectivity index (χ4v) is 3.01. The Morgan fingerprint density at radius 1 is 1.11 bits per heavy atom. The fourth-order valence-electron chi connectivity index (χ4n) is 3.01. The van der Waals surface area contributed by atoms with Gasteiger partial charge in [0.25, 0.3) is 5.91 Å². The first-order chi connectivity index (χ1) is 13.6. The van der Waals surface area contributed by atoms with Gasteiger partial charge in [0.15, 0.2) is 0 Å². The molecule has 2 aromatic carbocycles. The summed E-state index contributed by atoms with van der Waals surface area (Å²) in [6.07, 6.45) is 0. The van der Waals surface area contributed by atoms with Crippen LogP contribution in [0, 0.1) is 0 Å². The number of hydrogen-bond donors (Lipinski definition) is 1. The Bertz CT molecular complexity index is 829. The molecule has 0 radical (unpaired) electrons. The monoisotopic (exact) mass is 384 g/mol. The largest absolute Gasteiger partial charge is 0.497 e. The lowest BCUT2D eigenvalue weighted by molar-refractivity contribution is 0.0526.